The molecule has 0 saturated carbocycles. The molecule has 34 heavy (non-hydrogen) atoms. The number of hydrogen-bond donors (Lipinski definition) is 0. The molecule has 0 amide bonds. The predicted octanol–water partition coefficient (Wildman–Crippen LogP) is 7.73. The number of halogens is 1. The fourth-order valence-electron chi connectivity index (χ4n) is 3.95. The Bertz CT molecular complexity index is 1250. The monoisotopic (exact) mass is 492 g/mol. The summed E-state index contributed by atoms with van der Waals surface area (Å²) in [6, 6.07) is 12.7. The highest BCUT2D eigenvalue weighted by atomic mass is 32.1. The molecule has 4 heteroatoms. The first kappa shape index (κ1) is 25.8. The summed E-state index contributed by atoms with van der Waals surface area (Å²) in [5, 5.41) is 3.02. The fourth-order valence-corrected chi connectivity index (χ4v) is 5.86. The van der Waals surface area contributed by atoms with Crippen molar-refractivity contribution in [1.82, 2.24) is 0 Å². The summed E-state index contributed by atoms with van der Waals surface area (Å²) in [4.78, 5) is 14.5. The maximum absolute atomic E-state index is 13.3. The molecule has 178 valence electrons. The molecule has 0 aliphatic heterocycles. The normalized spacial score (nSPS) is 13.5. The molecule has 0 aliphatic carbocycles. The zero-order chi connectivity index (χ0) is 24.3. The van der Waals surface area contributed by atoms with Crippen LogP contribution in [-0.4, -0.2) is 5.78 Å². The van der Waals surface area contributed by atoms with E-state index in [1.165, 1.54) is 22.6 Å². The largest absolute Gasteiger partial charge is 0.290 e. The quantitative estimate of drug-likeness (QED) is 0.236. The first-order valence-electron chi connectivity index (χ1n) is 11.6. The van der Waals surface area contributed by atoms with Gasteiger partial charge in [-0.25, -0.2) is 4.39 Å². The molecule has 0 radical (unpaired) electrons. The van der Waals surface area contributed by atoms with Crippen LogP contribution in [0.4, 0.5) is 4.39 Å². The maximum atomic E-state index is 13.3. The highest BCUT2D eigenvalue weighted by molar-refractivity contribution is 7.13. The number of benzene rings is 1. The molecule has 3 aromatic rings. The highest BCUT2D eigenvalue weighted by Crippen LogP contribution is 2.26. The van der Waals surface area contributed by atoms with Crippen LogP contribution in [0.2, 0.25) is 0 Å². The zero-order valence-electron chi connectivity index (χ0n) is 19.6. The lowest BCUT2D eigenvalue weighted by Gasteiger charge is -2.16. The van der Waals surface area contributed by atoms with E-state index in [0.717, 1.165) is 52.3 Å². The smallest absolute Gasteiger partial charge is 0.178 e. The Labute approximate surface area is 211 Å². The van der Waals surface area contributed by atoms with Gasteiger partial charge in [-0.15, -0.1) is 22.7 Å². The van der Waals surface area contributed by atoms with Gasteiger partial charge in [0.25, 0.3) is 0 Å². The summed E-state index contributed by atoms with van der Waals surface area (Å²) in [5.74, 6) is 0.136. The molecule has 1 unspecified atom stereocenters. The highest BCUT2D eigenvalue weighted by Gasteiger charge is 2.14. The number of ketones is 1. The summed E-state index contributed by atoms with van der Waals surface area (Å²) in [6.45, 7) is 10.6. The van der Waals surface area contributed by atoms with Crippen molar-refractivity contribution in [2.45, 2.75) is 39.0 Å². The molecule has 0 spiro atoms. The van der Waals surface area contributed by atoms with Crippen molar-refractivity contribution in [1.29, 1.82) is 0 Å². The molecule has 0 saturated heterocycles. The molecule has 0 bridgehead atoms. The van der Waals surface area contributed by atoms with Crippen molar-refractivity contribution in [3.63, 3.8) is 0 Å². The summed E-state index contributed by atoms with van der Waals surface area (Å²) < 4.78 is 14.5. The second kappa shape index (κ2) is 13.2. The van der Waals surface area contributed by atoms with E-state index in [-0.39, 0.29) is 13.0 Å². The molecule has 1 nitrogen and oxygen atoms in total. The Morgan fingerprint density at radius 2 is 1.91 bits per heavy atom. The Hall–Kier alpha value is -2.82. The fraction of sp³-hybridized carbons (Fsp3) is 0.233. The number of carbonyl (C=O) groups is 1. The van der Waals surface area contributed by atoms with Gasteiger partial charge in [0, 0.05) is 22.1 Å². The molecule has 2 aromatic heterocycles. The molecule has 3 rings (SSSR count). The molecular weight excluding hydrogens is 459 g/mol. The van der Waals surface area contributed by atoms with E-state index in [0.29, 0.717) is 5.92 Å². The van der Waals surface area contributed by atoms with Crippen molar-refractivity contribution in [2.75, 3.05) is 0 Å². The van der Waals surface area contributed by atoms with Gasteiger partial charge in [0.1, 0.15) is 5.82 Å². The van der Waals surface area contributed by atoms with Gasteiger partial charge in [-0.3, -0.25) is 4.79 Å². The average Bonchev–Trinajstić information content (AvgIpc) is 3.48. The van der Waals surface area contributed by atoms with Crippen LogP contribution in [0.5, 0.6) is 0 Å². The molecule has 0 fully saturated rings. The van der Waals surface area contributed by atoms with Crippen LogP contribution in [-0.2, 0) is 11.2 Å². The Morgan fingerprint density at radius 1 is 1.15 bits per heavy atom. The van der Waals surface area contributed by atoms with Gasteiger partial charge < -0.3 is 0 Å². The minimum Gasteiger partial charge on any atom is -0.290 e. The third-order valence-corrected chi connectivity index (χ3v) is 7.82. The Kier molecular flexibility index (Phi) is 9.99. The van der Waals surface area contributed by atoms with Gasteiger partial charge in [-0.2, -0.15) is 0 Å². The number of allylic oxidation sites excluding steroid dienone is 5. The minimum atomic E-state index is -0.235. The van der Waals surface area contributed by atoms with E-state index in [2.05, 4.69) is 32.2 Å². The van der Waals surface area contributed by atoms with Crippen LogP contribution in [0.25, 0.3) is 22.6 Å². The summed E-state index contributed by atoms with van der Waals surface area (Å²) >= 11 is 3.38. The number of hydrogen-bond acceptors (Lipinski definition) is 3. The summed E-state index contributed by atoms with van der Waals surface area (Å²) in [5.41, 5.74) is 2.20. The summed E-state index contributed by atoms with van der Waals surface area (Å²) in [7, 11) is 0. The van der Waals surface area contributed by atoms with E-state index in [1.807, 2.05) is 29.7 Å². The van der Waals surface area contributed by atoms with Crippen molar-refractivity contribution in [3.8, 4) is 10.4 Å². The van der Waals surface area contributed by atoms with E-state index < -0.39 is 0 Å². The second-order valence-corrected chi connectivity index (χ2v) is 10.3. The summed E-state index contributed by atoms with van der Waals surface area (Å²) in [6.07, 6.45) is 13.9. The predicted molar refractivity (Wildman–Crippen MR) is 149 cm³/mol. The van der Waals surface area contributed by atoms with Crippen LogP contribution in [0, 0.1) is 11.7 Å². The van der Waals surface area contributed by atoms with Crippen molar-refractivity contribution >= 4 is 40.6 Å². The van der Waals surface area contributed by atoms with Gasteiger partial charge in [-0.1, -0.05) is 62.9 Å². The van der Waals surface area contributed by atoms with E-state index in [4.69, 9.17) is 0 Å². The third-order valence-electron chi connectivity index (χ3n) is 5.64. The number of thiophene rings is 2. The lowest BCUT2D eigenvalue weighted by Crippen LogP contribution is -2.22. The topological polar surface area (TPSA) is 17.1 Å². The average molecular weight is 493 g/mol. The molecule has 1 atom stereocenters. The van der Waals surface area contributed by atoms with Crippen LogP contribution >= 0.6 is 22.7 Å². The third kappa shape index (κ3) is 7.34. The SMILES string of the molecule is C=C/C(=c1/sc(-c2ccc(F)cc2)cc1=C)C(CCC)CCC=CC(=O)/C=C\Cc1cccs1.[HH]. The maximum Gasteiger partial charge on any atom is 0.178 e. The molecule has 0 aliphatic rings. The van der Waals surface area contributed by atoms with Crippen LogP contribution < -0.4 is 9.75 Å². The van der Waals surface area contributed by atoms with Crippen molar-refractivity contribution in [3.05, 3.63) is 105 Å². The van der Waals surface area contributed by atoms with Gasteiger partial charge in [0.2, 0.25) is 0 Å². The standard InChI is InChI=1S/C30H31FOS2.H2/c1-4-10-23(11-6-7-12-26(32)13-8-14-27-15-9-20-33-27)28(5-2)30-22(3)21-29(34-30)24-16-18-25(31)19-17-24;/h5,7-9,12-13,15-21,23H,2-4,6,10-11,14H2,1H3;1H/b12-7?,13-8-,30-28-;. The van der Waals surface area contributed by atoms with E-state index in [1.54, 1.807) is 47.0 Å². The number of carbonyl (C=O) groups excluding carboxylic acids is 1. The Balaban J connectivity index is 0.00000432. The first-order valence-corrected chi connectivity index (χ1v) is 13.3. The molecule has 0 N–H and O–H groups in total. The van der Waals surface area contributed by atoms with Gasteiger partial charge in [-0.05, 0) is 83.3 Å². The van der Waals surface area contributed by atoms with Crippen LogP contribution in [0.15, 0.2) is 84.8 Å². The van der Waals surface area contributed by atoms with E-state index >= 15 is 0 Å². The molecule has 2 heterocycles. The van der Waals surface area contributed by atoms with E-state index in [9.17, 15) is 9.18 Å². The Morgan fingerprint density at radius 3 is 2.59 bits per heavy atom. The zero-order valence-corrected chi connectivity index (χ0v) is 21.3. The van der Waals surface area contributed by atoms with Gasteiger partial charge >= 0.3 is 0 Å². The van der Waals surface area contributed by atoms with Crippen LogP contribution in [0.1, 0.15) is 38.9 Å². The van der Waals surface area contributed by atoms with Crippen molar-refractivity contribution in [2.24, 2.45) is 5.92 Å². The molecular formula is C30H33FOS2. The minimum absolute atomic E-state index is 0. The van der Waals surface area contributed by atoms with Crippen molar-refractivity contribution < 1.29 is 10.6 Å². The van der Waals surface area contributed by atoms with Crippen LogP contribution in [0.3, 0.4) is 0 Å². The molecule has 1 aromatic carbocycles. The lowest BCUT2D eigenvalue weighted by molar-refractivity contribution is -0.110. The van der Waals surface area contributed by atoms with Gasteiger partial charge in [0.15, 0.2) is 5.78 Å². The van der Waals surface area contributed by atoms with Gasteiger partial charge in [0.05, 0.1) is 0 Å². The lowest BCUT2D eigenvalue weighted by atomic mass is 9.89. The second-order valence-electron chi connectivity index (χ2n) is 8.18. The first-order chi connectivity index (χ1) is 16.5. The number of rotatable bonds is 12.